The highest BCUT2D eigenvalue weighted by atomic mass is 16.2. The summed E-state index contributed by atoms with van der Waals surface area (Å²) < 4.78 is 0. The summed E-state index contributed by atoms with van der Waals surface area (Å²) in [6.45, 7) is 3.04. The third-order valence-electron chi connectivity index (χ3n) is 2.67. The van der Waals surface area contributed by atoms with E-state index in [4.69, 9.17) is 5.26 Å². The lowest BCUT2D eigenvalue weighted by molar-refractivity contribution is -0.132. The van der Waals surface area contributed by atoms with Crippen molar-refractivity contribution in [1.29, 1.82) is 5.26 Å². The minimum Gasteiger partial charge on any atom is -0.359 e. The van der Waals surface area contributed by atoms with Crippen LogP contribution >= 0.6 is 0 Å². The zero-order chi connectivity index (χ0) is 14.1. The second kappa shape index (κ2) is 8.48. The van der Waals surface area contributed by atoms with E-state index in [9.17, 15) is 9.59 Å². The van der Waals surface area contributed by atoms with Crippen LogP contribution in [-0.4, -0.2) is 62.4 Å². The van der Waals surface area contributed by atoms with Crippen LogP contribution in [0.2, 0.25) is 0 Å². The van der Waals surface area contributed by atoms with Crippen molar-refractivity contribution in [3.05, 3.63) is 0 Å². The van der Waals surface area contributed by atoms with Gasteiger partial charge in [-0.15, -0.1) is 0 Å². The molecule has 0 rings (SSSR count). The lowest BCUT2D eigenvalue weighted by atomic mass is 10.1. The van der Waals surface area contributed by atoms with Crippen LogP contribution in [-0.2, 0) is 9.59 Å². The highest BCUT2D eigenvalue weighted by molar-refractivity contribution is 5.79. The Bertz CT molecular complexity index is 325. The van der Waals surface area contributed by atoms with Crippen molar-refractivity contribution in [3.63, 3.8) is 0 Å². The topological polar surface area (TPSA) is 76.4 Å². The van der Waals surface area contributed by atoms with Gasteiger partial charge in [-0.3, -0.25) is 14.5 Å². The van der Waals surface area contributed by atoms with Crippen LogP contribution < -0.4 is 5.32 Å². The molecule has 0 aliphatic carbocycles. The summed E-state index contributed by atoms with van der Waals surface area (Å²) >= 11 is 0. The number of nitriles is 1. The molecule has 6 nitrogen and oxygen atoms in total. The van der Waals surface area contributed by atoms with E-state index in [0.717, 1.165) is 0 Å². The Morgan fingerprint density at radius 2 is 2.00 bits per heavy atom. The fourth-order valence-corrected chi connectivity index (χ4v) is 1.56. The summed E-state index contributed by atoms with van der Waals surface area (Å²) in [7, 11) is 5.07. The molecule has 1 atom stereocenters. The molecule has 6 heteroatoms. The van der Waals surface area contributed by atoms with Crippen LogP contribution in [0.4, 0.5) is 0 Å². The molecule has 18 heavy (non-hydrogen) atoms. The minimum absolute atomic E-state index is 0.0351. The van der Waals surface area contributed by atoms with Gasteiger partial charge in [0, 0.05) is 33.1 Å². The largest absolute Gasteiger partial charge is 0.359 e. The maximum Gasteiger partial charge on any atom is 0.236 e. The first-order valence-corrected chi connectivity index (χ1v) is 5.93. The summed E-state index contributed by atoms with van der Waals surface area (Å²) in [4.78, 5) is 26.4. The van der Waals surface area contributed by atoms with E-state index in [1.54, 1.807) is 21.1 Å². The van der Waals surface area contributed by atoms with E-state index in [-0.39, 0.29) is 24.3 Å². The normalized spacial score (nSPS) is 11.8. The van der Waals surface area contributed by atoms with Crippen molar-refractivity contribution in [1.82, 2.24) is 15.1 Å². The Morgan fingerprint density at radius 1 is 1.39 bits per heavy atom. The first-order chi connectivity index (χ1) is 8.42. The maximum absolute atomic E-state index is 11.8. The molecule has 0 aliphatic rings. The van der Waals surface area contributed by atoms with Crippen LogP contribution in [0.1, 0.15) is 13.3 Å². The number of rotatable bonds is 7. The highest BCUT2D eigenvalue weighted by Gasteiger charge is 2.16. The first kappa shape index (κ1) is 16.4. The standard InChI is InChI=1S/C12H22N4O2/c1-10(12(18)14-2)8-15(3)9-11(17)16(4)7-5-6-13/h10H,5,7-9H2,1-4H3,(H,14,18). The Balaban J connectivity index is 4.08. The molecule has 0 aromatic rings. The van der Waals surface area contributed by atoms with Crippen LogP contribution in [0.15, 0.2) is 0 Å². The lowest BCUT2D eigenvalue weighted by Gasteiger charge is -2.23. The van der Waals surface area contributed by atoms with E-state index in [2.05, 4.69) is 5.32 Å². The first-order valence-electron chi connectivity index (χ1n) is 5.93. The SMILES string of the molecule is CNC(=O)C(C)CN(C)CC(=O)N(C)CCC#N. The van der Waals surface area contributed by atoms with Crippen LogP contribution in [0.25, 0.3) is 0 Å². The number of hydrogen-bond donors (Lipinski definition) is 1. The fourth-order valence-electron chi connectivity index (χ4n) is 1.56. The summed E-state index contributed by atoms with van der Waals surface area (Å²) in [5, 5.41) is 11.0. The second-order valence-corrected chi connectivity index (χ2v) is 4.44. The van der Waals surface area contributed by atoms with Gasteiger partial charge in [0.2, 0.25) is 11.8 Å². The molecule has 0 fully saturated rings. The molecule has 0 aromatic carbocycles. The van der Waals surface area contributed by atoms with E-state index >= 15 is 0 Å². The molecule has 0 saturated heterocycles. The summed E-state index contributed by atoms with van der Waals surface area (Å²) in [5.74, 6) is -0.235. The fraction of sp³-hybridized carbons (Fsp3) is 0.750. The number of likely N-dealkylation sites (N-methyl/N-ethyl adjacent to an activating group) is 2. The number of nitrogens with one attached hydrogen (secondary N) is 1. The summed E-state index contributed by atoms with van der Waals surface area (Å²) in [5.41, 5.74) is 0. The van der Waals surface area contributed by atoms with Crippen LogP contribution in [0.3, 0.4) is 0 Å². The highest BCUT2D eigenvalue weighted by Crippen LogP contribution is 1.99. The van der Waals surface area contributed by atoms with Crippen molar-refractivity contribution in [2.45, 2.75) is 13.3 Å². The number of carbonyl (C=O) groups is 2. The Morgan fingerprint density at radius 3 is 2.50 bits per heavy atom. The average Bonchev–Trinajstić information content (AvgIpc) is 2.34. The summed E-state index contributed by atoms with van der Waals surface area (Å²) in [6, 6.07) is 2.00. The average molecular weight is 254 g/mol. The second-order valence-electron chi connectivity index (χ2n) is 4.44. The van der Waals surface area contributed by atoms with E-state index in [1.807, 2.05) is 17.9 Å². The minimum atomic E-state index is -0.155. The van der Waals surface area contributed by atoms with Crippen LogP contribution in [0.5, 0.6) is 0 Å². The van der Waals surface area contributed by atoms with Crippen molar-refractivity contribution >= 4 is 11.8 Å². The van der Waals surface area contributed by atoms with E-state index < -0.39 is 0 Å². The van der Waals surface area contributed by atoms with Crippen molar-refractivity contribution in [3.8, 4) is 6.07 Å². The molecule has 1 unspecified atom stereocenters. The number of nitrogens with zero attached hydrogens (tertiary/aromatic N) is 3. The molecule has 102 valence electrons. The van der Waals surface area contributed by atoms with Crippen molar-refractivity contribution < 1.29 is 9.59 Å². The molecule has 0 radical (unpaired) electrons. The molecular formula is C12H22N4O2. The zero-order valence-electron chi connectivity index (χ0n) is 11.6. The Hall–Kier alpha value is -1.61. The van der Waals surface area contributed by atoms with Gasteiger partial charge < -0.3 is 10.2 Å². The molecular weight excluding hydrogens is 232 g/mol. The van der Waals surface area contributed by atoms with Gasteiger partial charge in [0.15, 0.2) is 0 Å². The van der Waals surface area contributed by atoms with Gasteiger partial charge >= 0.3 is 0 Å². The van der Waals surface area contributed by atoms with Crippen molar-refractivity contribution in [2.75, 3.05) is 40.8 Å². The van der Waals surface area contributed by atoms with Gasteiger partial charge in [0.05, 0.1) is 19.0 Å². The predicted octanol–water partition coefficient (Wildman–Crippen LogP) is -0.328. The lowest BCUT2D eigenvalue weighted by Crippen LogP contribution is -2.40. The quantitative estimate of drug-likeness (QED) is 0.675. The molecule has 1 N–H and O–H groups in total. The van der Waals surface area contributed by atoms with Gasteiger partial charge in [-0.1, -0.05) is 6.92 Å². The maximum atomic E-state index is 11.8. The zero-order valence-corrected chi connectivity index (χ0v) is 11.6. The number of carbonyl (C=O) groups excluding carboxylic acids is 2. The molecule has 0 saturated carbocycles. The Labute approximate surface area is 109 Å². The summed E-state index contributed by atoms with van der Waals surface area (Å²) in [6.07, 6.45) is 0.334. The van der Waals surface area contributed by atoms with Gasteiger partial charge in [-0.05, 0) is 7.05 Å². The molecule has 0 spiro atoms. The van der Waals surface area contributed by atoms with E-state index in [0.29, 0.717) is 19.5 Å². The van der Waals surface area contributed by atoms with Gasteiger partial charge in [0.1, 0.15) is 0 Å². The third-order valence-corrected chi connectivity index (χ3v) is 2.67. The molecule has 0 bridgehead atoms. The monoisotopic (exact) mass is 254 g/mol. The van der Waals surface area contributed by atoms with E-state index in [1.165, 1.54) is 4.90 Å². The molecule has 0 aliphatic heterocycles. The van der Waals surface area contributed by atoms with Gasteiger partial charge in [-0.2, -0.15) is 5.26 Å². The predicted molar refractivity (Wildman–Crippen MR) is 68.6 cm³/mol. The Kier molecular flexibility index (Phi) is 7.72. The van der Waals surface area contributed by atoms with Crippen molar-refractivity contribution in [2.24, 2.45) is 5.92 Å². The van der Waals surface area contributed by atoms with Gasteiger partial charge in [-0.25, -0.2) is 0 Å². The number of amides is 2. The molecule has 0 heterocycles. The molecule has 2 amide bonds. The smallest absolute Gasteiger partial charge is 0.236 e. The number of hydrogen-bond acceptors (Lipinski definition) is 4. The van der Waals surface area contributed by atoms with Gasteiger partial charge in [0.25, 0.3) is 0 Å². The molecule has 0 aromatic heterocycles. The third kappa shape index (κ3) is 6.21. The van der Waals surface area contributed by atoms with Crippen LogP contribution in [0, 0.1) is 17.2 Å².